The summed E-state index contributed by atoms with van der Waals surface area (Å²) in [5.74, 6) is 1.28. The van der Waals surface area contributed by atoms with Gasteiger partial charge in [0.15, 0.2) is 0 Å². The second-order valence-electron chi connectivity index (χ2n) is 5.64. The van der Waals surface area contributed by atoms with Gasteiger partial charge in [0.25, 0.3) is 0 Å². The molecule has 0 heterocycles. The maximum absolute atomic E-state index is 10.4. The minimum atomic E-state index is 0.0330. The fourth-order valence-electron chi connectivity index (χ4n) is 3.51. The van der Waals surface area contributed by atoms with E-state index in [-0.39, 0.29) is 6.10 Å². The zero-order valence-corrected chi connectivity index (χ0v) is 9.96. The Kier molecular flexibility index (Phi) is 4.49. The van der Waals surface area contributed by atoms with Crippen molar-refractivity contribution >= 4 is 0 Å². The van der Waals surface area contributed by atoms with Crippen LogP contribution in [0.5, 0.6) is 0 Å². The second kappa shape index (κ2) is 5.89. The molecule has 0 aromatic rings. The fraction of sp³-hybridized carbons (Fsp3) is 1.00. The molecule has 2 rings (SSSR count). The SMILES string of the molecule is OC(C1CCCCCCC1)C1CCCC1. The summed E-state index contributed by atoms with van der Waals surface area (Å²) in [6.07, 6.45) is 14.8. The maximum Gasteiger partial charge on any atom is 0.0596 e. The Labute approximate surface area is 94.3 Å². The van der Waals surface area contributed by atoms with Gasteiger partial charge in [-0.05, 0) is 37.5 Å². The molecule has 0 spiro atoms. The summed E-state index contributed by atoms with van der Waals surface area (Å²) in [7, 11) is 0. The lowest BCUT2D eigenvalue weighted by Gasteiger charge is -2.28. The zero-order chi connectivity index (χ0) is 10.5. The lowest BCUT2D eigenvalue weighted by molar-refractivity contribution is 0.0404. The van der Waals surface area contributed by atoms with Crippen molar-refractivity contribution in [2.45, 2.75) is 76.7 Å². The van der Waals surface area contributed by atoms with E-state index in [2.05, 4.69) is 0 Å². The maximum atomic E-state index is 10.4. The lowest BCUT2D eigenvalue weighted by atomic mass is 9.81. The van der Waals surface area contributed by atoms with Gasteiger partial charge in [-0.2, -0.15) is 0 Å². The largest absolute Gasteiger partial charge is 0.393 e. The van der Waals surface area contributed by atoms with Gasteiger partial charge in [0.2, 0.25) is 0 Å². The highest BCUT2D eigenvalue weighted by atomic mass is 16.3. The van der Waals surface area contributed by atoms with E-state index in [1.807, 2.05) is 0 Å². The highest BCUT2D eigenvalue weighted by molar-refractivity contribution is 4.81. The van der Waals surface area contributed by atoms with E-state index in [1.165, 1.54) is 70.6 Å². The Morgan fingerprint density at radius 2 is 0.933 bits per heavy atom. The third-order valence-electron chi connectivity index (χ3n) is 4.52. The van der Waals surface area contributed by atoms with E-state index >= 15 is 0 Å². The van der Waals surface area contributed by atoms with Crippen molar-refractivity contribution in [3.63, 3.8) is 0 Å². The van der Waals surface area contributed by atoms with Crippen molar-refractivity contribution in [1.29, 1.82) is 0 Å². The number of hydrogen-bond donors (Lipinski definition) is 1. The third-order valence-corrected chi connectivity index (χ3v) is 4.52. The van der Waals surface area contributed by atoms with Crippen LogP contribution in [0.15, 0.2) is 0 Å². The first-order chi connectivity index (χ1) is 7.38. The number of aliphatic hydroxyl groups excluding tert-OH is 1. The topological polar surface area (TPSA) is 20.2 Å². The molecule has 0 aliphatic heterocycles. The highest BCUT2D eigenvalue weighted by Crippen LogP contribution is 2.35. The van der Waals surface area contributed by atoms with Gasteiger partial charge in [0.05, 0.1) is 6.10 Å². The molecule has 0 aromatic heterocycles. The molecule has 15 heavy (non-hydrogen) atoms. The standard InChI is InChI=1S/C14H26O/c15-14(13-10-6-7-11-13)12-8-4-2-1-3-5-9-12/h12-15H,1-11H2. The summed E-state index contributed by atoms with van der Waals surface area (Å²) in [6, 6.07) is 0. The molecule has 2 saturated carbocycles. The Morgan fingerprint density at radius 3 is 1.40 bits per heavy atom. The Morgan fingerprint density at radius 1 is 0.600 bits per heavy atom. The minimum Gasteiger partial charge on any atom is -0.393 e. The molecule has 88 valence electrons. The Bertz CT molecular complexity index is 164. The van der Waals surface area contributed by atoms with E-state index in [0.717, 1.165) is 0 Å². The van der Waals surface area contributed by atoms with Gasteiger partial charge in [0, 0.05) is 0 Å². The molecule has 1 N–H and O–H groups in total. The molecule has 2 aliphatic rings. The first-order valence-corrected chi connectivity index (χ1v) is 7.06. The minimum absolute atomic E-state index is 0.0330. The molecule has 2 aliphatic carbocycles. The summed E-state index contributed by atoms with van der Waals surface area (Å²) < 4.78 is 0. The van der Waals surface area contributed by atoms with Gasteiger partial charge in [-0.3, -0.25) is 0 Å². The summed E-state index contributed by atoms with van der Waals surface area (Å²) in [5.41, 5.74) is 0. The van der Waals surface area contributed by atoms with E-state index in [0.29, 0.717) is 11.8 Å². The van der Waals surface area contributed by atoms with E-state index in [9.17, 15) is 5.11 Å². The molecule has 0 amide bonds. The van der Waals surface area contributed by atoms with Crippen molar-refractivity contribution in [2.75, 3.05) is 0 Å². The van der Waals surface area contributed by atoms with Crippen LogP contribution < -0.4 is 0 Å². The molecular weight excluding hydrogens is 184 g/mol. The van der Waals surface area contributed by atoms with Crippen molar-refractivity contribution in [2.24, 2.45) is 11.8 Å². The number of aliphatic hydroxyl groups is 1. The average molecular weight is 210 g/mol. The molecule has 0 aromatic carbocycles. The lowest BCUT2D eigenvalue weighted by Crippen LogP contribution is -2.28. The summed E-state index contributed by atoms with van der Waals surface area (Å²) in [6.45, 7) is 0. The van der Waals surface area contributed by atoms with E-state index in [4.69, 9.17) is 0 Å². The molecule has 0 saturated heterocycles. The zero-order valence-electron chi connectivity index (χ0n) is 9.96. The molecule has 1 unspecified atom stereocenters. The molecule has 1 heteroatoms. The summed E-state index contributed by atoms with van der Waals surface area (Å²) >= 11 is 0. The van der Waals surface area contributed by atoms with Crippen LogP contribution in [0.25, 0.3) is 0 Å². The van der Waals surface area contributed by atoms with Crippen molar-refractivity contribution in [3.8, 4) is 0 Å². The molecular formula is C14H26O. The summed E-state index contributed by atoms with van der Waals surface area (Å²) in [4.78, 5) is 0. The Hall–Kier alpha value is -0.0400. The molecule has 1 atom stereocenters. The van der Waals surface area contributed by atoms with Gasteiger partial charge in [-0.15, -0.1) is 0 Å². The third kappa shape index (κ3) is 3.21. The van der Waals surface area contributed by atoms with E-state index in [1.54, 1.807) is 0 Å². The monoisotopic (exact) mass is 210 g/mol. The predicted molar refractivity (Wildman–Crippen MR) is 63.8 cm³/mol. The van der Waals surface area contributed by atoms with Crippen molar-refractivity contribution in [1.82, 2.24) is 0 Å². The van der Waals surface area contributed by atoms with Crippen LogP contribution in [-0.2, 0) is 0 Å². The van der Waals surface area contributed by atoms with Crippen LogP contribution in [0.2, 0.25) is 0 Å². The van der Waals surface area contributed by atoms with Crippen LogP contribution in [0.3, 0.4) is 0 Å². The van der Waals surface area contributed by atoms with E-state index < -0.39 is 0 Å². The first kappa shape index (κ1) is 11.4. The van der Waals surface area contributed by atoms with Crippen LogP contribution in [-0.4, -0.2) is 11.2 Å². The Balaban J connectivity index is 1.82. The van der Waals surface area contributed by atoms with Gasteiger partial charge in [-0.1, -0.05) is 44.9 Å². The molecule has 0 radical (unpaired) electrons. The normalized spacial score (nSPS) is 28.6. The second-order valence-corrected chi connectivity index (χ2v) is 5.64. The first-order valence-electron chi connectivity index (χ1n) is 7.06. The van der Waals surface area contributed by atoms with Gasteiger partial charge < -0.3 is 5.11 Å². The van der Waals surface area contributed by atoms with Crippen LogP contribution in [0.4, 0.5) is 0 Å². The smallest absolute Gasteiger partial charge is 0.0596 e. The van der Waals surface area contributed by atoms with Crippen LogP contribution in [0.1, 0.15) is 70.6 Å². The van der Waals surface area contributed by atoms with Crippen LogP contribution in [0, 0.1) is 11.8 Å². The number of rotatable bonds is 2. The molecule has 2 fully saturated rings. The van der Waals surface area contributed by atoms with Crippen molar-refractivity contribution in [3.05, 3.63) is 0 Å². The van der Waals surface area contributed by atoms with Gasteiger partial charge in [0.1, 0.15) is 0 Å². The summed E-state index contributed by atoms with van der Waals surface area (Å²) in [5, 5.41) is 10.4. The quantitative estimate of drug-likeness (QED) is 0.733. The van der Waals surface area contributed by atoms with Crippen molar-refractivity contribution < 1.29 is 5.11 Å². The van der Waals surface area contributed by atoms with Gasteiger partial charge in [-0.25, -0.2) is 0 Å². The average Bonchev–Trinajstić information content (AvgIpc) is 2.68. The predicted octanol–water partition coefficient (Wildman–Crippen LogP) is 3.90. The fourth-order valence-corrected chi connectivity index (χ4v) is 3.51. The molecule has 0 bridgehead atoms. The molecule has 1 nitrogen and oxygen atoms in total. The van der Waals surface area contributed by atoms with Gasteiger partial charge >= 0.3 is 0 Å². The number of hydrogen-bond acceptors (Lipinski definition) is 1. The van der Waals surface area contributed by atoms with Crippen LogP contribution >= 0.6 is 0 Å². The highest BCUT2D eigenvalue weighted by Gasteiger charge is 2.29.